The van der Waals surface area contributed by atoms with Crippen LogP contribution in [0.5, 0.6) is 5.75 Å². The van der Waals surface area contributed by atoms with Gasteiger partial charge in [0.1, 0.15) is 5.75 Å². The first-order valence-corrected chi connectivity index (χ1v) is 6.80. The Labute approximate surface area is 125 Å². The molecule has 0 spiro atoms. The van der Waals surface area contributed by atoms with Crippen LogP contribution in [0.2, 0.25) is 0 Å². The van der Waals surface area contributed by atoms with Crippen LogP contribution >= 0.6 is 0 Å². The van der Waals surface area contributed by atoms with Crippen LogP contribution in [0, 0.1) is 0 Å². The van der Waals surface area contributed by atoms with Crippen LogP contribution in [0.1, 0.15) is 28.9 Å². The summed E-state index contributed by atoms with van der Waals surface area (Å²) in [5.74, 6) is 0.497. The first-order chi connectivity index (χ1) is 10.0. The summed E-state index contributed by atoms with van der Waals surface area (Å²) in [4.78, 5) is 14.3. The highest BCUT2D eigenvalue weighted by atomic mass is 16.5. The van der Waals surface area contributed by atoms with Crippen molar-refractivity contribution in [3.63, 3.8) is 0 Å². The summed E-state index contributed by atoms with van der Waals surface area (Å²) < 4.78 is 5.25. The second kappa shape index (κ2) is 6.31. The van der Waals surface area contributed by atoms with Gasteiger partial charge in [0, 0.05) is 12.7 Å². The summed E-state index contributed by atoms with van der Waals surface area (Å²) >= 11 is 0. The van der Waals surface area contributed by atoms with Crippen molar-refractivity contribution in [3.8, 4) is 5.75 Å². The molecular formula is C17H20N2O2. The molecule has 0 aliphatic carbocycles. The third-order valence-corrected chi connectivity index (χ3v) is 3.63. The van der Waals surface area contributed by atoms with Gasteiger partial charge in [0.25, 0.3) is 5.91 Å². The molecule has 4 heteroatoms. The highest BCUT2D eigenvalue weighted by Gasteiger charge is 2.21. The van der Waals surface area contributed by atoms with Gasteiger partial charge < -0.3 is 15.4 Å². The van der Waals surface area contributed by atoms with E-state index in [1.54, 1.807) is 31.2 Å². The number of rotatable bonds is 4. The van der Waals surface area contributed by atoms with Gasteiger partial charge in [-0.15, -0.1) is 0 Å². The minimum absolute atomic E-state index is 0.0779. The number of carbonyl (C=O) groups is 1. The standard InChI is InChI=1S/C17H20N2O2/c1-12(13-7-6-8-14(18)11-13)19(2)17(20)15-9-4-5-10-16(15)21-3/h4-12H,18H2,1-3H3. The second-order valence-electron chi connectivity index (χ2n) is 4.96. The summed E-state index contributed by atoms with van der Waals surface area (Å²) in [7, 11) is 3.34. The number of methoxy groups -OCH3 is 1. The summed E-state index contributed by atoms with van der Waals surface area (Å²) in [6.45, 7) is 1.97. The monoisotopic (exact) mass is 284 g/mol. The molecule has 0 aliphatic heterocycles. The number of ether oxygens (including phenoxy) is 1. The maximum absolute atomic E-state index is 12.6. The van der Waals surface area contributed by atoms with E-state index in [1.807, 2.05) is 43.3 Å². The minimum Gasteiger partial charge on any atom is -0.496 e. The molecule has 4 nitrogen and oxygen atoms in total. The summed E-state index contributed by atoms with van der Waals surface area (Å²) in [6.07, 6.45) is 0. The van der Waals surface area contributed by atoms with Crippen molar-refractivity contribution < 1.29 is 9.53 Å². The highest BCUT2D eigenvalue weighted by Crippen LogP contribution is 2.25. The number of nitrogens with zero attached hydrogens (tertiary/aromatic N) is 1. The lowest BCUT2D eigenvalue weighted by Crippen LogP contribution is -2.30. The van der Waals surface area contributed by atoms with Crippen molar-refractivity contribution in [2.45, 2.75) is 13.0 Å². The molecule has 1 amide bonds. The molecule has 1 unspecified atom stereocenters. The Hall–Kier alpha value is -2.49. The van der Waals surface area contributed by atoms with Gasteiger partial charge >= 0.3 is 0 Å². The second-order valence-corrected chi connectivity index (χ2v) is 4.96. The summed E-state index contributed by atoms with van der Waals surface area (Å²) in [5.41, 5.74) is 8.05. The van der Waals surface area contributed by atoms with Gasteiger partial charge in [-0.2, -0.15) is 0 Å². The van der Waals surface area contributed by atoms with Crippen molar-refractivity contribution in [2.24, 2.45) is 0 Å². The van der Waals surface area contributed by atoms with Crippen molar-refractivity contribution in [2.75, 3.05) is 19.9 Å². The predicted octanol–water partition coefficient (Wildman–Crippen LogP) is 3.11. The predicted molar refractivity (Wildman–Crippen MR) is 84.4 cm³/mol. The fourth-order valence-corrected chi connectivity index (χ4v) is 2.23. The third kappa shape index (κ3) is 3.16. The number of anilines is 1. The van der Waals surface area contributed by atoms with Gasteiger partial charge in [-0.05, 0) is 36.8 Å². The number of benzene rings is 2. The molecule has 0 fully saturated rings. The van der Waals surface area contributed by atoms with Crippen molar-refractivity contribution in [1.29, 1.82) is 0 Å². The topological polar surface area (TPSA) is 55.6 Å². The van der Waals surface area contributed by atoms with E-state index in [-0.39, 0.29) is 11.9 Å². The van der Waals surface area contributed by atoms with Gasteiger partial charge in [0.15, 0.2) is 0 Å². The molecule has 0 aromatic heterocycles. The van der Waals surface area contributed by atoms with E-state index >= 15 is 0 Å². The van der Waals surface area contributed by atoms with E-state index in [1.165, 1.54) is 0 Å². The zero-order valence-electron chi connectivity index (χ0n) is 12.5. The molecule has 0 heterocycles. The molecule has 2 rings (SSSR count). The lowest BCUT2D eigenvalue weighted by molar-refractivity contribution is 0.0739. The Bertz CT molecular complexity index is 640. The fourth-order valence-electron chi connectivity index (χ4n) is 2.23. The average molecular weight is 284 g/mol. The maximum atomic E-state index is 12.6. The van der Waals surface area contributed by atoms with Crippen LogP contribution in [-0.4, -0.2) is 25.0 Å². The van der Waals surface area contributed by atoms with E-state index < -0.39 is 0 Å². The van der Waals surface area contributed by atoms with Gasteiger partial charge in [0.05, 0.1) is 18.7 Å². The maximum Gasteiger partial charge on any atom is 0.257 e. The first-order valence-electron chi connectivity index (χ1n) is 6.80. The molecule has 2 aromatic rings. The van der Waals surface area contributed by atoms with Crippen LogP contribution in [0.3, 0.4) is 0 Å². The van der Waals surface area contributed by atoms with Gasteiger partial charge in [-0.1, -0.05) is 24.3 Å². The minimum atomic E-state index is -0.0811. The van der Waals surface area contributed by atoms with Crippen LogP contribution in [0.25, 0.3) is 0 Å². The Kier molecular flexibility index (Phi) is 4.48. The van der Waals surface area contributed by atoms with Crippen molar-refractivity contribution >= 4 is 11.6 Å². The number of nitrogens with two attached hydrogens (primary N) is 1. The van der Waals surface area contributed by atoms with Crippen molar-refractivity contribution in [1.82, 2.24) is 4.90 Å². The molecule has 21 heavy (non-hydrogen) atoms. The molecular weight excluding hydrogens is 264 g/mol. The van der Waals surface area contributed by atoms with Crippen LogP contribution in [0.4, 0.5) is 5.69 Å². The molecule has 2 N–H and O–H groups in total. The van der Waals surface area contributed by atoms with Crippen LogP contribution in [-0.2, 0) is 0 Å². The normalized spacial score (nSPS) is 11.8. The fraction of sp³-hybridized carbons (Fsp3) is 0.235. The van der Waals surface area contributed by atoms with Crippen LogP contribution < -0.4 is 10.5 Å². The number of amides is 1. The van der Waals surface area contributed by atoms with E-state index in [4.69, 9.17) is 10.5 Å². The zero-order valence-corrected chi connectivity index (χ0v) is 12.5. The smallest absolute Gasteiger partial charge is 0.257 e. The Morgan fingerprint density at radius 3 is 2.57 bits per heavy atom. The highest BCUT2D eigenvalue weighted by molar-refractivity contribution is 5.97. The van der Waals surface area contributed by atoms with E-state index in [0.717, 1.165) is 5.56 Å². The molecule has 0 saturated heterocycles. The number of hydrogen-bond acceptors (Lipinski definition) is 3. The van der Waals surface area contributed by atoms with Gasteiger partial charge in [-0.3, -0.25) is 4.79 Å². The Balaban J connectivity index is 2.26. The largest absolute Gasteiger partial charge is 0.496 e. The number of hydrogen-bond donors (Lipinski definition) is 1. The zero-order chi connectivity index (χ0) is 15.4. The molecule has 0 aliphatic rings. The molecule has 0 bridgehead atoms. The summed E-state index contributed by atoms with van der Waals surface area (Å²) in [6, 6.07) is 14.7. The Morgan fingerprint density at radius 2 is 1.90 bits per heavy atom. The van der Waals surface area contributed by atoms with Crippen LogP contribution in [0.15, 0.2) is 48.5 Å². The van der Waals surface area contributed by atoms with E-state index in [0.29, 0.717) is 17.0 Å². The lowest BCUT2D eigenvalue weighted by Gasteiger charge is -2.26. The number of carbonyl (C=O) groups excluding carboxylic acids is 1. The average Bonchev–Trinajstić information content (AvgIpc) is 2.52. The molecule has 0 saturated carbocycles. The SMILES string of the molecule is COc1ccccc1C(=O)N(C)C(C)c1cccc(N)c1. The lowest BCUT2D eigenvalue weighted by atomic mass is 10.1. The number of para-hydroxylation sites is 1. The summed E-state index contributed by atoms with van der Waals surface area (Å²) in [5, 5.41) is 0. The molecule has 2 aromatic carbocycles. The van der Waals surface area contributed by atoms with Gasteiger partial charge in [0.2, 0.25) is 0 Å². The van der Waals surface area contributed by atoms with E-state index in [9.17, 15) is 4.79 Å². The quantitative estimate of drug-likeness (QED) is 0.878. The van der Waals surface area contributed by atoms with Gasteiger partial charge in [-0.25, -0.2) is 0 Å². The molecule has 1 atom stereocenters. The Morgan fingerprint density at radius 1 is 1.19 bits per heavy atom. The third-order valence-electron chi connectivity index (χ3n) is 3.63. The number of nitrogen functional groups attached to an aromatic ring is 1. The van der Waals surface area contributed by atoms with Crippen molar-refractivity contribution in [3.05, 3.63) is 59.7 Å². The molecule has 0 radical (unpaired) electrons. The first kappa shape index (κ1) is 14.9. The molecule has 110 valence electrons. The van der Waals surface area contributed by atoms with E-state index in [2.05, 4.69) is 0 Å².